The highest BCUT2D eigenvalue weighted by Gasteiger charge is 2.10. The van der Waals surface area contributed by atoms with Crippen molar-refractivity contribution in [3.8, 4) is 0 Å². The van der Waals surface area contributed by atoms with Gasteiger partial charge in [0.2, 0.25) is 0 Å². The Kier molecular flexibility index (Phi) is 5.35. The van der Waals surface area contributed by atoms with Crippen molar-refractivity contribution >= 4 is 11.7 Å². The van der Waals surface area contributed by atoms with Gasteiger partial charge in [-0.1, -0.05) is 36.4 Å². The molecule has 0 saturated heterocycles. The number of ether oxygens (including phenoxy) is 2. The molecule has 0 heterocycles. The van der Waals surface area contributed by atoms with Crippen LogP contribution in [-0.4, -0.2) is 20.2 Å². The minimum atomic E-state index is -0.339. The van der Waals surface area contributed by atoms with Gasteiger partial charge in [0.15, 0.2) is 0 Å². The number of esters is 1. The second kappa shape index (κ2) is 7.45. The van der Waals surface area contributed by atoms with E-state index in [0.717, 1.165) is 16.8 Å². The summed E-state index contributed by atoms with van der Waals surface area (Å²) in [5.74, 6) is -0.339. The fourth-order valence-electron chi connectivity index (χ4n) is 2.04. The van der Waals surface area contributed by atoms with Crippen LogP contribution >= 0.6 is 0 Å². The zero-order valence-electron chi connectivity index (χ0n) is 12.3. The predicted molar refractivity (Wildman–Crippen MR) is 82.3 cm³/mol. The van der Waals surface area contributed by atoms with Gasteiger partial charge in [0.25, 0.3) is 0 Å². The molecular formula is C17H19NO3. The number of methoxy groups -OCH3 is 2. The number of hydrogen-bond donors (Lipinski definition) is 1. The van der Waals surface area contributed by atoms with Crippen molar-refractivity contribution in [2.75, 3.05) is 19.5 Å². The van der Waals surface area contributed by atoms with Gasteiger partial charge >= 0.3 is 5.97 Å². The van der Waals surface area contributed by atoms with Crippen LogP contribution in [0.25, 0.3) is 0 Å². The largest absolute Gasteiger partial charge is 0.465 e. The van der Waals surface area contributed by atoms with Crippen molar-refractivity contribution in [1.29, 1.82) is 0 Å². The van der Waals surface area contributed by atoms with Gasteiger partial charge in [-0.15, -0.1) is 0 Å². The number of anilines is 1. The molecule has 110 valence electrons. The second-order valence-corrected chi connectivity index (χ2v) is 4.64. The van der Waals surface area contributed by atoms with Crippen molar-refractivity contribution in [2.45, 2.75) is 13.2 Å². The summed E-state index contributed by atoms with van der Waals surface area (Å²) in [6, 6.07) is 15.5. The molecule has 0 fully saturated rings. The van der Waals surface area contributed by atoms with Gasteiger partial charge in [0.05, 0.1) is 19.3 Å². The quantitative estimate of drug-likeness (QED) is 0.828. The van der Waals surface area contributed by atoms with Gasteiger partial charge in [-0.2, -0.15) is 0 Å². The molecule has 0 aliphatic rings. The molecule has 2 aromatic carbocycles. The Hall–Kier alpha value is -2.33. The molecule has 1 N–H and O–H groups in total. The minimum absolute atomic E-state index is 0.339. The van der Waals surface area contributed by atoms with Crippen molar-refractivity contribution in [3.63, 3.8) is 0 Å². The lowest BCUT2D eigenvalue weighted by Gasteiger charge is -2.11. The standard InChI is InChI=1S/C17H19NO3/c1-20-12-14-9-7-13(8-10-14)11-18-16-6-4-3-5-15(16)17(19)21-2/h3-10,18H,11-12H2,1-2H3. The van der Waals surface area contributed by atoms with Crippen molar-refractivity contribution in [3.05, 3.63) is 65.2 Å². The average Bonchev–Trinajstić information content (AvgIpc) is 2.54. The number of hydrogen-bond acceptors (Lipinski definition) is 4. The van der Waals surface area contributed by atoms with Crippen LogP contribution in [0.2, 0.25) is 0 Å². The molecule has 4 heteroatoms. The third kappa shape index (κ3) is 4.07. The first kappa shape index (κ1) is 15.1. The number of carbonyl (C=O) groups is 1. The monoisotopic (exact) mass is 285 g/mol. The van der Waals surface area contributed by atoms with Crippen LogP contribution in [0.4, 0.5) is 5.69 Å². The van der Waals surface area contributed by atoms with E-state index in [2.05, 4.69) is 5.32 Å². The summed E-state index contributed by atoms with van der Waals surface area (Å²) in [6.07, 6.45) is 0. The van der Waals surface area contributed by atoms with Crippen LogP contribution < -0.4 is 5.32 Å². The summed E-state index contributed by atoms with van der Waals surface area (Å²) in [7, 11) is 3.06. The lowest BCUT2D eigenvalue weighted by molar-refractivity contribution is 0.0602. The molecule has 0 saturated carbocycles. The van der Waals surface area contributed by atoms with E-state index in [-0.39, 0.29) is 5.97 Å². The third-order valence-electron chi connectivity index (χ3n) is 3.15. The molecule has 0 bridgehead atoms. The van der Waals surface area contributed by atoms with E-state index in [1.54, 1.807) is 13.2 Å². The maximum Gasteiger partial charge on any atom is 0.339 e. The van der Waals surface area contributed by atoms with Crippen LogP contribution in [0, 0.1) is 0 Å². The van der Waals surface area contributed by atoms with Gasteiger partial charge in [-0.05, 0) is 23.3 Å². The van der Waals surface area contributed by atoms with Crippen LogP contribution in [-0.2, 0) is 22.6 Å². The highest BCUT2D eigenvalue weighted by Crippen LogP contribution is 2.17. The first-order valence-electron chi connectivity index (χ1n) is 6.72. The lowest BCUT2D eigenvalue weighted by atomic mass is 10.1. The summed E-state index contributed by atoms with van der Waals surface area (Å²) in [4.78, 5) is 11.7. The van der Waals surface area contributed by atoms with E-state index in [4.69, 9.17) is 9.47 Å². The molecule has 0 amide bonds. The number of rotatable bonds is 6. The molecular weight excluding hydrogens is 266 g/mol. The van der Waals surface area contributed by atoms with E-state index in [1.165, 1.54) is 7.11 Å². The Morgan fingerprint density at radius 1 is 1.00 bits per heavy atom. The summed E-state index contributed by atoms with van der Waals surface area (Å²) >= 11 is 0. The molecule has 4 nitrogen and oxygen atoms in total. The molecule has 0 radical (unpaired) electrons. The van der Waals surface area contributed by atoms with E-state index in [9.17, 15) is 4.79 Å². The number of carbonyl (C=O) groups excluding carboxylic acids is 1. The molecule has 0 unspecified atom stereocenters. The van der Waals surface area contributed by atoms with Crippen molar-refractivity contribution < 1.29 is 14.3 Å². The fourth-order valence-corrected chi connectivity index (χ4v) is 2.04. The Labute approximate surface area is 124 Å². The van der Waals surface area contributed by atoms with Crippen molar-refractivity contribution in [2.24, 2.45) is 0 Å². The van der Waals surface area contributed by atoms with Gasteiger partial charge in [0, 0.05) is 19.3 Å². The minimum Gasteiger partial charge on any atom is -0.465 e. The first-order valence-corrected chi connectivity index (χ1v) is 6.72. The number of benzene rings is 2. The smallest absolute Gasteiger partial charge is 0.339 e. The Balaban J connectivity index is 2.04. The van der Waals surface area contributed by atoms with Crippen LogP contribution in [0.3, 0.4) is 0 Å². The van der Waals surface area contributed by atoms with E-state index in [0.29, 0.717) is 18.7 Å². The first-order chi connectivity index (χ1) is 10.2. The zero-order chi connectivity index (χ0) is 15.1. The van der Waals surface area contributed by atoms with Gasteiger partial charge in [0.1, 0.15) is 0 Å². The predicted octanol–water partition coefficient (Wildman–Crippen LogP) is 3.23. The highest BCUT2D eigenvalue weighted by molar-refractivity contribution is 5.95. The molecule has 2 aromatic rings. The zero-order valence-corrected chi connectivity index (χ0v) is 12.3. The molecule has 0 atom stereocenters. The SMILES string of the molecule is COCc1ccc(CNc2ccccc2C(=O)OC)cc1. The number of para-hydroxylation sites is 1. The normalized spacial score (nSPS) is 10.2. The fraction of sp³-hybridized carbons (Fsp3) is 0.235. The Morgan fingerprint density at radius 3 is 2.33 bits per heavy atom. The van der Waals surface area contributed by atoms with Gasteiger partial charge < -0.3 is 14.8 Å². The van der Waals surface area contributed by atoms with E-state index < -0.39 is 0 Å². The molecule has 0 aliphatic heterocycles. The summed E-state index contributed by atoms with van der Waals surface area (Å²) < 4.78 is 9.86. The topological polar surface area (TPSA) is 47.6 Å². The summed E-state index contributed by atoms with van der Waals surface area (Å²) in [5, 5.41) is 3.26. The van der Waals surface area contributed by atoms with Crippen LogP contribution in [0.15, 0.2) is 48.5 Å². The maximum atomic E-state index is 11.7. The molecule has 21 heavy (non-hydrogen) atoms. The highest BCUT2D eigenvalue weighted by atomic mass is 16.5. The maximum absolute atomic E-state index is 11.7. The lowest BCUT2D eigenvalue weighted by Crippen LogP contribution is -2.08. The van der Waals surface area contributed by atoms with Crippen LogP contribution in [0.5, 0.6) is 0 Å². The Bertz CT molecular complexity index is 593. The van der Waals surface area contributed by atoms with Gasteiger partial charge in [-0.3, -0.25) is 0 Å². The molecule has 0 aliphatic carbocycles. The second-order valence-electron chi connectivity index (χ2n) is 4.64. The van der Waals surface area contributed by atoms with E-state index >= 15 is 0 Å². The molecule has 2 rings (SSSR count). The van der Waals surface area contributed by atoms with Gasteiger partial charge in [-0.25, -0.2) is 4.79 Å². The Morgan fingerprint density at radius 2 is 1.67 bits per heavy atom. The molecule has 0 aromatic heterocycles. The van der Waals surface area contributed by atoms with Crippen LogP contribution in [0.1, 0.15) is 21.5 Å². The average molecular weight is 285 g/mol. The third-order valence-corrected chi connectivity index (χ3v) is 3.15. The summed E-state index contributed by atoms with van der Waals surface area (Å²) in [5.41, 5.74) is 3.58. The van der Waals surface area contributed by atoms with Crippen molar-refractivity contribution in [1.82, 2.24) is 0 Å². The summed E-state index contributed by atoms with van der Waals surface area (Å²) in [6.45, 7) is 1.25. The molecule has 0 spiro atoms. The van der Waals surface area contributed by atoms with E-state index in [1.807, 2.05) is 42.5 Å². The number of nitrogens with one attached hydrogen (secondary N) is 1.